The average Bonchev–Trinajstić information content (AvgIpc) is 2.77. The zero-order valence-corrected chi connectivity index (χ0v) is 14.5. The first kappa shape index (κ1) is 18.2. The Labute approximate surface area is 141 Å². The van der Waals surface area contributed by atoms with E-state index >= 15 is 0 Å². The molecule has 0 aromatic carbocycles. The number of carbonyl (C=O) groups excluding carboxylic acids is 2. The van der Waals surface area contributed by atoms with Gasteiger partial charge in [0, 0.05) is 6.07 Å². The molecule has 2 rings (SSSR count). The highest BCUT2D eigenvalue weighted by Crippen LogP contribution is 2.16. The van der Waals surface area contributed by atoms with E-state index in [2.05, 4.69) is 10.4 Å². The summed E-state index contributed by atoms with van der Waals surface area (Å²) in [7, 11) is 1.28. The van der Waals surface area contributed by atoms with E-state index in [1.165, 1.54) is 11.8 Å². The largest absolute Gasteiger partial charge is 0.467 e. The van der Waals surface area contributed by atoms with Crippen LogP contribution in [0.25, 0.3) is 0 Å². The van der Waals surface area contributed by atoms with Crippen molar-refractivity contribution in [1.82, 2.24) is 15.1 Å². The SMILES string of the molecule is COC(=O)[C@@H](NC(=O)Cn1nc2c(cc1=O)CCCCC2)C(C)C. The molecule has 1 aromatic rings. The minimum absolute atomic E-state index is 0.113. The van der Waals surface area contributed by atoms with Gasteiger partial charge in [-0.1, -0.05) is 20.3 Å². The van der Waals surface area contributed by atoms with Gasteiger partial charge in [-0.15, -0.1) is 0 Å². The molecule has 0 unspecified atom stereocenters. The molecular weight excluding hydrogens is 310 g/mol. The molecule has 132 valence electrons. The van der Waals surface area contributed by atoms with Crippen LogP contribution in [0.5, 0.6) is 0 Å². The number of rotatable bonds is 5. The smallest absolute Gasteiger partial charge is 0.328 e. The van der Waals surface area contributed by atoms with Crippen molar-refractivity contribution in [3.63, 3.8) is 0 Å². The highest BCUT2D eigenvalue weighted by molar-refractivity contribution is 5.84. The number of hydrogen-bond acceptors (Lipinski definition) is 5. The number of ether oxygens (including phenoxy) is 1. The number of carbonyl (C=O) groups is 2. The lowest BCUT2D eigenvalue weighted by Crippen LogP contribution is -2.47. The van der Waals surface area contributed by atoms with Crippen molar-refractivity contribution in [3.8, 4) is 0 Å². The number of esters is 1. The fraction of sp³-hybridized carbons (Fsp3) is 0.647. The Kier molecular flexibility index (Phi) is 6.11. The van der Waals surface area contributed by atoms with Gasteiger partial charge in [0.1, 0.15) is 12.6 Å². The first-order valence-electron chi connectivity index (χ1n) is 8.39. The Morgan fingerprint density at radius 3 is 2.67 bits per heavy atom. The molecule has 7 heteroatoms. The average molecular weight is 335 g/mol. The van der Waals surface area contributed by atoms with Crippen LogP contribution in [0, 0.1) is 5.92 Å². The van der Waals surface area contributed by atoms with Crippen molar-refractivity contribution < 1.29 is 14.3 Å². The summed E-state index contributed by atoms with van der Waals surface area (Å²) < 4.78 is 5.87. The van der Waals surface area contributed by atoms with Crippen LogP contribution in [-0.4, -0.2) is 34.8 Å². The second-order valence-corrected chi connectivity index (χ2v) is 6.49. The lowest BCUT2D eigenvalue weighted by Gasteiger charge is -2.20. The number of aryl methyl sites for hydroxylation is 2. The van der Waals surface area contributed by atoms with Crippen molar-refractivity contribution >= 4 is 11.9 Å². The molecule has 0 saturated heterocycles. The van der Waals surface area contributed by atoms with Gasteiger partial charge in [0.05, 0.1) is 12.8 Å². The monoisotopic (exact) mass is 335 g/mol. The molecule has 0 aliphatic heterocycles. The number of amides is 1. The normalized spacial score (nSPS) is 15.3. The topological polar surface area (TPSA) is 90.3 Å². The fourth-order valence-corrected chi connectivity index (χ4v) is 2.87. The zero-order chi connectivity index (χ0) is 17.7. The molecule has 0 saturated carbocycles. The Bertz CT molecular complexity index is 666. The van der Waals surface area contributed by atoms with E-state index in [1.807, 2.05) is 13.8 Å². The fourth-order valence-electron chi connectivity index (χ4n) is 2.87. The van der Waals surface area contributed by atoms with Gasteiger partial charge in [0.25, 0.3) is 5.56 Å². The summed E-state index contributed by atoms with van der Waals surface area (Å²) in [5.41, 5.74) is 1.60. The van der Waals surface area contributed by atoms with Crippen LogP contribution in [0.4, 0.5) is 0 Å². The Morgan fingerprint density at radius 2 is 2.00 bits per heavy atom. The van der Waals surface area contributed by atoms with Crippen LogP contribution in [-0.2, 0) is 33.7 Å². The molecule has 0 spiro atoms. The molecule has 1 heterocycles. The standard InChI is InChI=1S/C17H25N3O4/c1-11(2)16(17(23)24-3)18-14(21)10-20-15(22)9-12-7-5-4-6-8-13(12)19-20/h9,11,16H,4-8,10H2,1-3H3,(H,18,21)/t16-/m0/s1. The van der Waals surface area contributed by atoms with Crippen LogP contribution in [0.15, 0.2) is 10.9 Å². The van der Waals surface area contributed by atoms with E-state index in [4.69, 9.17) is 4.74 Å². The van der Waals surface area contributed by atoms with Crippen molar-refractivity contribution in [2.75, 3.05) is 7.11 Å². The van der Waals surface area contributed by atoms with E-state index in [9.17, 15) is 14.4 Å². The van der Waals surface area contributed by atoms with Gasteiger partial charge < -0.3 is 10.1 Å². The molecule has 1 N–H and O–H groups in total. The number of fused-ring (bicyclic) bond motifs is 1. The minimum Gasteiger partial charge on any atom is -0.467 e. The van der Waals surface area contributed by atoms with E-state index in [1.54, 1.807) is 6.07 Å². The third-order valence-electron chi connectivity index (χ3n) is 4.26. The number of methoxy groups -OCH3 is 1. The summed E-state index contributed by atoms with van der Waals surface area (Å²) >= 11 is 0. The predicted molar refractivity (Wildman–Crippen MR) is 88.5 cm³/mol. The maximum atomic E-state index is 12.2. The molecule has 0 radical (unpaired) electrons. The quantitative estimate of drug-likeness (QED) is 0.636. The van der Waals surface area contributed by atoms with E-state index < -0.39 is 17.9 Å². The first-order chi connectivity index (χ1) is 11.4. The Hall–Kier alpha value is -2.18. The van der Waals surface area contributed by atoms with Crippen molar-refractivity contribution in [3.05, 3.63) is 27.7 Å². The minimum atomic E-state index is -0.737. The Balaban J connectivity index is 2.12. The predicted octanol–water partition coefficient (Wildman–Crippen LogP) is 0.826. The van der Waals surface area contributed by atoms with Gasteiger partial charge in [-0.3, -0.25) is 9.59 Å². The molecule has 1 aliphatic rings. The number of nitrogens with zero attached hydrogens (tertiary/aromatic N) is 2. The molecule has 1 atom stereocenters. The summed E-state index contributed by atoms with van der Waals surface area (Å²) in [6, 6.07) is 0.847. The second-order valence-electron chi connectivity index (χ2n) is 6.49. The second kappa shape index (κ2) is 8.08. The summed E-state index contributed by atoms with van der Waals surface area (Å²) in [4.78, 5) is 36.1. The third kappa shape index (κ3) is 4.43. The van der Waals surface area contributed by atoms with Crippen LogP contribution in [0.3, 0.4) is 0 Å². The maximum absolute atomic E-state index is 12.2. The lowest BCUT2D eigenvalue weighted by molar-refractivity contribution is -0.146. The molecule has 7 nitrogen and oxygen atoms in total. The number of nitrogens with one attached hydrogen (secondary N) is 1. The highest BCUT2D eigenvalue weighted by Gasteiger charge is 2.25. The van der Waals surface area contributed by atoms with Gasteiger partial charge in [-0.25, -0.2) is 9.48 Å². The molecule has 1 aliphatic carbocycles. The van der Waals surface area contributed by atoms with Crippen molar-refractivity contribution in [2.24, 2.45) is 5.92 Å². The number of aromatic nitrogens is 2. The van der Waals surface area contributed by atoms with E-state index in [0.29, 0.717) is 0 Å². The summed E-state index contributed by atoms with van der Waals surface area (Å²) in [6.45, 7) is 3.43. The molecule has 0 fully saturated rings. The van der Waals surface area contributed by atoms with Crippen molar-refractivity contribution in [1.29, 1.82) is 0 Å². The van der Waals surface area contributed by atoms with Gasteiger partial charge >= 0.3 is 5.97 Å². The molecule has 1 aromatic heterocycles. The summed E-state index contributed by atoms with van der Waals surface area (Å²) in [5, 5.41) is 6.98. The summed E-state index contributed by atoms with van der Waals surface area (Å²) in [6.07, 6.45) is 4.92. The van der Waals surface area contributed by atoms with Crippen LogP contribution in [0.2, 0.25) is 0 Å². The van der Waals surface area contributed by atoms with Gasteiger partial charge in [0.15, 0.2) is 0 Å². The zero-order valence-electron chi connectivity index (χ0n) is 14.5. The van der Waals surface area contributed by atoms with Crippen LogP contribution in [0.1, 0.15) is 44.4 Å². The molecule has 0 bridgehead atoms. The Morgan fingerprint density at radius 1 is 1.29 bits per heavy atom. The van der Waals surface area contributed by atoms with Gasteiger partial charge in [-0.05, 0) is 37.2 Å². The van der Waals surface area contributed by atoms with Gasteiger partial charge in [-0.2, -0.15) is 5.10 Å². The van der Waals surface area contributed by atoms with Crippen LogP contribution >= 0.6 is 0 Å². The lowest BCUT2D eigenvalue weighted by atomic mass is 10.0. The van der Waals surface area contributed by atoms with Crippen molar-refractivity contribution in [2.45, 2.75) is 58.5 Å². The maximum Gasteiger partial charge on any atom is 0.328 e. The molecule has 24 heavy (non-hydrogen) atoms. The third-order valence-corrected chi connectivity index (χ3v) is 4.26. The van der Waals surface area contributed by atoms with E-state index in [-0.39, 0.29) is 18.0 Å². The van der Waals surface area contributed by atoms with Crippen LogP contribution < -0.4 is 10.9 Å². The summed E-state index contributed by atoms with van der Waals surface area (Å²) in [5.74, 6) is -1.04. The molecule has 1 amide bonds. The van der Waals surface area contributed by atoms with E-state index in [0.717, 1.165) is 43.4 Å². The molecular formula is C17H25N3O4. The number of hydrogen-bond donors (Lipinski definition) is 1. The highest BCUT2D eigenvalue weighted by atomic mass is 16.5. The first-order valence-corrected chi connectivity index (χ1v) is 8.39. The van der Waals surface area contributed by atoms with Gasteiger partial charge in [0.2, 0.25) is 5.91 Å².